The third kappa shape index (κ3) is 3.77. The third-order valence-corrected chi connectivity index (χ3v) is 3.11. The number of halogens is 2. The summed E-state index contributed by atoms with van der Waals surface area (Å²) in [6, 6.07) is -1.11. The highest BCUT2D eigenvalue weighted by atomic mass is 19.3. The number of aliphatic carboxylic acids is 1. The molecule has 1 amide bonds. The van der Waals surface area contributed by atoms with E-state index >= 15 is 0 Å². The molecule has 1 heterocycles. The molecule has 0 aliphatic carbocycles. The topological polar surface area (TPSA) is 75.4 Å². The van der Waals surface area contributed by atoms with E-state index in [4.69, 9.17) is 5.11 Å². The molecular weight excluding hydrogens is 284 g/mol. The molecule has 0 fully saturated rings. The average Bonchev–Trinajstić information content (AvgIpc) is 2.78. The van der Waals surface area contributed by atoms with Crippen LogP contribution in [0.4, 0.5) is 8.78 Å². The first kappa shape index (κ1) is 17.1. The largest absolute Gasteiger partial charge is 0.480 e. The maximum Gasteiger partial charge on any atom is 0.326 e. The van der Waals surface area contributed by atoms with Crippen molar-refractivity contribution in [2.45, 2.75) is 39.8 Å². The molecule has 0 radical (unpaired) electrons. The van der Waals surface area contributed by atoms with Gasteiger partial charge in [0.15, 0.2) is 0 Å². The summed E-state index contributed by atoms with van der Waals surface area (Å²) in [6.45, 7) is 5.25. The van der Waals surface area contributed by atoms with Gasteiger partial charge in [0.05, 0.1) is 11.8 Å². The quantitative estimate of drug-likeness (QED) is 0.872. The van der Waals surface area contributed by atoms with E-state index < -0.39 is 30.0 Å². The zero-order valence-electron chi connectivity index (χ0n) is 12.4. The van der Waals surface area contributed by atoms with Crippen molar-refractivity contribution in [2.24, 2.45) is 5.92 Å². The molecule has 0 aromatic carbocycles. The van der Waals surface area contributed by atoms with Gasteiger partial charge in [-0.05, 0) is 12.8 Å². The molecule has 1 N–H and O–H groups in total. The molecule has 118 valence electrons. The summed E-state index contributed by atoms with van der Waals surface area (Å²) in [5, 5.41) is 12.7. The molecule has 0 saturated carbocycles. The van der Waals surface area contributed by atoms with Crippen molar-refractivity contribution in [3.63, 3.8) is 0 Å². The molecule has 1 rings (SSSR count). The Balaban J connectivity index is 3.15. The molecule has 1 atom stereocenters. The number of likely N-dealkylation sites (N-methyl/N-ethyl adjacent to an activating group) is 1. The Morgan fingerprint density at radius 2 is 1.95 bits per heavy atom. The Morgan fingerprint density at radius 3 is 2.38 bits per heavy atom. The minimum Gasteiger partial charge on any atom is -0.480 e. The zero-order valence-corrected chi connectivity index (χ0v) is 12.4. The van der Waals surface area contributed by atoms with Crippen LogP contribution in [0.2, 0.25) is 0 Å². The average molecular weight is 303 g/mol. The molecule has 0 spiro atoms. The number of hydrogen-bond acceptors (Lipinski definition) is 3. The number of carboxylic acid groups (broad SMARTS) is 1. The van der Waals surface area contributed by atoms with Gasteiger partial charge in [0.2, 0.25) is 0 Å². The Hall–Kier alpha value is -1.99. The monoisotopic (exact) mass is 303 g/mol. The minimum atomic E-state index is -2.86. The first-order valence-electron chi connectivity index (χ1n) is 6.50. The lowest BCUT2D eigenvalue weighted by Crippen LogP contribution is -2.40. The number of alkyl halides is 2. The van der Waals surface area contributed by atoms with Gasteiger partial charge in [-0.25, -0.2) is 13.6 Å². The van der Waals surface area contributed by atoms with Crippen LogP contribution < -0.4 is 0 Å². The number of rotatable bonds is 6. The smallest absolute Gasteiger partial charge is 0.326 e. The fourth-order valence-corrected chi connectivity index (χ4v) is 1.81. The second-order valence-electron chi connectivity index (χ2n) is 5.25. The molecule has 21 heavy (non-hydrogen) atoms. The van der Waals surface area contributed by atoms with Crippen LogP contribution in [0.5, 0.6) is 0 Å². The molecule has 6 nitrogen and oxygen atoms in total. The summed E-state index contributed by atoms with van der Waals surface area (Å²) in [6.07, 6.45) is -1.80. The van der Waals surface area contributed by atoms with Crippen LogP contribution in [0, 0.1) is 5.92 Å². The fourth-order valence-electron chi connectivity index (χ4n) is 1.81. The number of hydrogen-bond donors (Lipinski definition) is 1. The van der Waals surface area contributed by atoms with Crippen molar-refractivity contribution < 1.29 is 23.5 Å². The van der Waals surface area contributed by atoms with Crippen LogP contribution in [-0.4, -0.2) is 44.8 Å². The Kier molecular flexibility index (Phi) is 5.40. The Bertz CT molecular complexity index is 529. The van der Waals surface area contributed by atoms with E-state index in [1.807, 2.05) is 13.8 Å². The summed E-state index contributed by atoms with van der Waals surface area (Å²) < 4.78 is 27.5. The maximum absolute atomic E-state index is 13.2. The van der Waals surface area contributed by atoms with Crippen LogP contribution in [-0.2, 0) is 11.3 Å². The van der Waals surface area contributed by atoms with Gasteiger partial charge in [-0.2, -0.15) is 5.10 Å². The normalized spacial score (nSPS) is 12.8. The Morgan fingerprint density at radius 1 is 1.38 bits per heavy atom. The molecule has 0 saturated heterocycles. The van der Waals surface area contributed by atoms with Gasteiger partial charge in [-0.1, -0.05) is 13.8 Å². The van der Waals surface area contributed by atoms with E-state index in [0.29, 0.717) is 0 Å². The van der Waals surface area contributed by atoms with Crippen LogP contribution >= 0.6 is 0 Å². The highest BCUT2D eigenvalue weighted by Crippen LogP contribution is 2.25. The highest BCUT2D eigenvalue weighted by molar-refractivity contribution is 5.97. The molecule has 1 unspecified atom stereocenters. The van der Waals surface area contributed by atoms with Gasteiger partial charge in [0.25, 0.3) is 12.3 Å². The van der Waals surface area contributed by atoms with Crippen molar-refractivity contribution in [3.8, 4) is 0 Å². The standard InChI is InChI=1S/C13H19F2N3O3/c1-7(2)6-18-10(11(14)15)9(5-16-18)12(19)17(4)8(3)13(20)21/h5,7-8,11H,6H2,1-4H3,(H,20,21). The van der Waals surface area contributed by atoms with Gasteiger partial charge in [0.1, 0.15) is 11.7 Å². The SMILES string of the molecule is CC(C)Cn1ncc(C(=O)N(C)C(C)C(=O)O)c1C(F)F. The molecule has 1 aromatic rings. The van der Waals surface area contributed by atoms with Crippen LogP contribution in [0.25, 0.3) is 0 Å². The van der Waals surface area contributed by atoms with Gasteiger partial charge in [-0.15, -0.1) is 0 Å². The zero-order chi connectivity index (χ0) is 16.3. The van der Waals surface area contributed by atoms with E-state index in [1.165, 1.54) is 14.0 Å². The maximum atomic E-state index is 13.2. The van der Waals surface area contributed by atoms with Crippen molar-refractivity contribution in [1.29, 1.82) is 0 Å². The fraction of sp³-hybridized carbons (Fsp3) is 0.615. The first-order valence-corrected chi connectivity index (χ1v) is 6.50. The molecule has 8 heteroatoms. The van der Waals surface area contributed by atoms with Gasteiger partial charge >= 0.3 is 5.97 Å². The van der Waals surface area contributed by atoms with E-state index in [-0.39, 0.29) is 18.0 Å². The van der Waals surface area contributed by atoms with Crippen LogP contribution in [0.15, 0.2) is 6.20 Å². The van der Waals surface area contributed by atoms with Crippen molar-refractivity contribution in [1.82, 2.24) is 14.7 Å². The summed E-state index contributed by atoms with van der Waals surface area (Å²) in [5.74, 6) is -1.91. The van der Waals surface area contributed by atoms with E-state index in [1.54, 1.807) is 0 Å². The number of carbonyl (C=O) groups is 2. The van der Waals surface area contributed by atoms with Crippen molar-refractivity contribution in [3.05, 3.63) is 17.5 Å². The molecule has 1 aromatic heterocycles. The van der Waals surface area contributed by atoms with E-state index in [9.17, 15) is 18.4 Å². The molecule has 0 aliphatic rings. The number of carbonyl (C=O) groups excluding carboxylic acids is 1. The Labute approximate surface area is 121 Å². The summed E-state index contributed by atoms with van der Waals surface area (Å²) in [7, 11) is 1.26. The lowest BCUT2D eigenvalue weighted by atomic mass is 10.1. The summed E-state index contributed by atoms with van der Waals surface area (Å²) in [4.78, 5) is 24.0. The summed E-state index contributed by atoms with van der Waals surface area (Å²) >= 11 is 0. The number of carboxylic acids is 1. The lowest BCUT2D eigenvalue weighted by Gasteiger charge is -2.21. The second kappa shape index (κ2) is 6.64. The number of aromatic nitrogens is 2. The molecular formula is C13H19F2N3O3. The lowest BCUT2D eigenvalue weighted by molar-refractivity contribution is -0.141. The van der Waals surface area contributed by atoms with Gasteiger partial charge in [-0.3, -0.25) is 9.48 Å². The minimum absolute atomic E-state index is 0.0843. The molecule has 0 aliphatic heterocycles. The van der Waals surface area contributed by atoms with Crippen molar-refractivity contribution in [2.75, 3.05) is 7.05 Å². The highest BCUT2D eigenvalue weighted by Gasteiger charge is 2.30. The third-order valence-electron chi connectivity index (χ3n) is 3.11. The van der Waals surface area contributed by atoms with E-state index in [2.05, 4.69) is 5.10 Å². The first-order chi connectivity index (χ1) is 9.66. The van der Waals surface area contributed by atoms with Crippen LogP contribution in [0.3, 0.4) is 0 Å². The van der Waals surface area contributed by atoms with E-state index in [0.717, 1.165) is 15.8 Å². The number of nitrogens with zero attached hydrogens (tertiary/aromatic N) is 3. The summed E-state index contributed by atoms with van der Waals surface area (Å²) in [5.41, 5.74) is -0.737. The predicted molar refractivity (Wildman–Crippen MR) is 71.2 cm³/mol. The van der Waals surface area contributed by atoms with Crippen LogP contribution in [0.1, 0.15) is 43.2 Å². The van der Waals surface area contributed by atoms with Gasteiger partial charge < -0.3 is 10.0 Å². The number of amides is 1. The van der Waals surface area contributed by atoms with Gasteiger partial charge in [0, 0.05) is 13.6 Å². The van der Waals surface area contributed by atoms with Crippen molar-refractivity contribution >= 4 is 11.9 Å². The molecule has 0 bridgehead atoms. The second-order valence-corrected chi connectivity index (χ2v) is 5.25. The predicted octanol–water partition coefficient (Wildman–Crippen LogP) is 2.02.